The zero-order valence-corrected chi connectivity index (χ0v) is 12.8. The molecule has 0 aromatic heterocycles. The smallest absolute Gasteiger partial charge is 0.326 e. The summed E-state index contributed by atoms with van der Waals surface area (Å²) >= 11 is 0. The van der Waals surface area contributed by atoms with Crippen LogP contribution < -0.4 is 10.6 Å². The van der Waals surface area contributed by atoms with Crippen LogP contribution in [0.4, 0.5) is 4.79 Å². The molecule has 0 aliphatic carbocycles. The number of carboxylic acid groups (broad SMARTS) is 1. The van der Waals surface area contributed by atoms with Gasteiger partial charge < -0.3 is 15.7 Å². The van der Waals surface area contributed by atoms with Crippen LogP contribution >= 0.6 is 0 Å². The Balaban J connectivity index is 2.58. The Kier molecular flexibility index (Phi) is 6.72. The standard InChI is InChI=1S/C16H24N2O3/c1-4-11(2)12(3)17-16(21)18-14(15(19)20)10-13-8-6-5-7-9-13/h5-9,11-12,14H,4,10H2,1-3H3,(H,19,20)(H2,17,18,21). The summed E-state index contributed by atoms with van der Waals surface area (Å²) < 4.78 is 0. The highest BCUT2D eigenvalue weighted by molar-refractivity contribution is 5.82. The summed E-state index contributed by atoms with van der Waals surface area (Å²) in [6, 6.07) is 7.88. The number of carboxylic acids is 1. The molecule has 2 amide bonds. The molecule has 3 N–H and O–H groups in total. The molecule has 5 heteroatoms. The van der Waals surface area contributed by atoms with Crippen LogP contribution in [0, 0.1) is 5.92 Å². The number of hydrogen-bond donors (Lipinski definition) is 3. The van der Waals surface area contributed by atoms with E-state index in [1.165, 1.54) is 0 Å². The van der Waals surface area contributed by atoms with Crippen molar-refractivity contribution in [3.8, 4) is 0 Å². The van der Waals surface area contributed by atoms with Gasteiger partial charge in [-0.2, -0.15) is 0 Å². The molecule has 116 valence electrons. The van der Waals surface area contributed by atoms with Crippen molar-refractivity contribution in [1.29, 1.82) is 0 Å². The van der Waals surface area contributed by atoms with E-state index in [1.54, 1.807) is 0 Å². The Morgan fingerprint density at radius 3 is 2.29 bits per heavy atom. The van der Waals surface area contributed by atoms with Gasteiger partial charge in [-0.1, -0.05) is 50.6 Å². The van der Waals surface area contributed by atoms with E-state index in [9.17, 15) is 14.7 Å². The second-order valence-corrected chi connectivity index (χ2v) is 5.37. The molecule has 1 aromatic rings. The molecule has 1 rings (SSSR count). The minimum atomic E-state index is -1.04. The first-order valence-corrected chi connectivity index (χ1v) is 7.27. The number of benzene rings is 1. The first kappa shape index (κ1) is 17.0. The first-order chi connectivity index (χ1) is 9.93. The van der Waals surface area contributed by atoms with E-state index in [0.717, 1.165) is 12.0 Å². The molecule has 0 saturated heterocycles. The van der Waals surface area contributed by atoms with Crippen molar-refractivity contribution in [1.82, 2.24) is 10.6 Å². The van der Waals surface area contributed by atoms with Gasteiger partial charge in [-0.3, -0.25) is 0 Å². The summed E-state index contributed by atoms with van der Waals surface area (Å²) in [6.45, 7) is 6.01. The van der Waals surface area contributed by atoms with E-state index in [2.05, 4.69) is 17.6 Å². The minimum Gasteiger partial charge on any atom is -0.480 e. The molecule has 3 unspecified atom stereocenters. The number of urea groups is 1. The summed E-state index contributed by atoms with van der Waals surface area (Å²) in [5.74, 6) is -0.696. The highest BCUT2D eigenvalue weighted by Gasteiger charge is 2.21. The Morgan fingerprint density at radius 2 is 1.76 bits per heavy atom. The molecule has 0 bridgehead atoms. The van der Waals surface area contributed by atoms with Crippen molar-refractivity contribution in [2.45, 2.75) is 45.7 Å². The van der Waals surface area contributed by atoms with E-state index < -0.39 is 18.0 Å². The molecule has 0 aliphatic rings. The summed E-state index contributed by atoms with van der Waals surface area (Å²) in [5, 5.41) is 14.5. The van der Waals surface area contributed by atoms with Crippen LogP contribution in [-0.4, -0.2) is 29.2 Å². The monoisotopic (exact) mass is 292 g/mol. The van der Waals surface area contributed by atoms with Gasteiger partial charge in [-0.25, -0.2) is 9.59 Å². The maximum absolute atomic E-state index is 11.9. The van der Waals surface area contributed by atoms with Crippen LogP contribution in [0.2, 0.25) is 0 Å². The van der Waals surface area contributed by atoms with Crippen LogP contribution in [0.3, 0.4) is 0 Å². The van der Waals surface area contributed by atoms with Crippen LogP contribution in [0.15, 0.2) is 30.3 Å². The quantitative estimate of drug-likeness (QED) is 0.722. The lowest BCUT2D eigenvalue weighted by atomic mass is 10.0. The number of nitrogens with one attached hydrogen (secondary N) is 2. The van der Waals surface area contributed by atoms with E-state index in [4.69, 9.17) is 0 Å². The predicted molar refractivity (Wildman–Crippen MR) is 82.2 cm³/mol. The lowest BCUT2D eigenvalue weighted by Crippen LogP contribution is -2.50. The van der Waals surface area contributed by atoms with E-state index in [-0.39, 0.29) is 12.5 Å². The molecule has 0 saturated carbocycles. The zero-order chi connectivity index (χ0) is 15.8. The Labute approximate surface area is 125 Å². The third-order valence-corrected chi connectivity index (χ3v) is 3.74. The van der Waals surface area contributed by atoms with Gasteiger partial charge in [0.2, 0.25) is 0 Å². The van der Waals surface area contributed by atoms with Crippen LogP contribution in [-0.2, 0) is 11.2 Å². The molecule has 5 nitrogen and oxygen atoms in total. The fraction of sp³-hybridized carbons (Fsp3) is 0.500. The van der Waals surface area contributed by atoms with Gasteiger partial charge in [0.05, 0.1) is 0 Å². The van der Waals surface area contributed by atoms with E-state index >= 15 is 0 Å². The molecule has 0 spiro atoms. The number of hydrogen-bond acceptors (Lipinski definition) is 2. The summed E-state index contributed by atoms with van der Waals surface area (Å²) in [4.78, 5) is 23.2. The zero-order valence-electron chi connectivity index (χ0n) is 12.8. The fourth-order valence-corrected chi connectivity index (χ4v) is 1.95. The summed E-state index contributed by atoms with van der Waals surface area (Å²) in [7, 11) is 0. The molecule has 0 heterocycles. The number of aliphatic carboxylic acids is 1. The molecule has 0 radical (unpaired) electrons. The van der Waals surface area contributed by atoms with Crippen molar-refractivity contribution < 1.29 is 14.7 Å². The lowest BCUT2D eigenvalue weighted by Gasteiger charge is -2.22. The maximum Gasteiger partial charge on any atom is 0.326 e. The van der Waals surface area contributed by atoms with Crippen molar-refractivity contribution in [3.63, 3.8) is 0 Å². The molecule has 21 heavy (non-hydrogen) atoms. The Morgan fingerprint density at radius 1 is 1.14 bits per heavy atom. The number of amides is 2. The molecule has 1 aromatic carbocycles. The van der Waals surface area contributed by atoms with E-state index in [1.807, 2.05) is 44.2 Å². The molecule has 0 fully saturated rings. The third kappa shape index (κ3) is 5.85. The van der Waals surface area contributed by atoms with Crippen LogP contribution in [0.1, 0.15) is 32.8 Å². The maximum atomic E-state index is 11.9. The molecular weight excluding hydrogens is 268 g/mol. The average molecular weight is 292 g/mol. The SMILES string of the molecule is CCC(C)C(C)NC(=O)NC(Cc1ccccc1)C(=O)O. The van der Waals surface area contributed by atoms with Gasteiger partial charge in [-0.15, -0.1) is 0 Å². The minimum absolute atomic E-state index is 0.00108. The molecule has 3 atom stereocenters. The van der Waals surface area contributed by atoms with Gasteiger partial charge in [0.25, 0.3) is 0 Å². The van der Waals surface area contributed by atoms with E-state index in [0.29, 0.717) is 5.92 Å². The van der Waals surface area contributed by atoms with Crippen LogP contribution in [0.25, 0.3) is 0 Å². The fourth-order valence-electron chi connectivity index (χ4n) is 1.95. The van der Waals surface area contributed by atoms with Gasteiger partial charge >= 0.3 is 12.0 Å². The first-order valence-electron chi connectivity index (χ1n) is 7.27. The topological polar surface area (TPSA) is 78.4 Å². The second kappa shape index (κ2) is 8.29. The lowest BCUT2D eigenvalue weighted by molar-refractivity contribution is -0.139. The number of carbonyl (C=O) groups excluding carboxylic acids is 1. The number of rotatable bonds is 7. The van der Waals surface area contributed by atoms with Crippen LogP contribution in [0.5, 0.6) is 0 Å². The summed E-state index contributed by atoms with van der Waals surface area (Å²) in [6.07, 6.45) is 1.22. The van der Waals surface area contributed by atoms with Gasteiger partial charge in [-0.05, 0) is 18.4 Å². The van der Waals surface area contributed by atoms with Gasteiger partial charge in [0.1, 0.15) is 6.04 Å². The highest BCUT2D eigenvalue weighted by Crippen LogP contribution is 2.07. The Hall–Kier alpha value is -2.04. The third-order valence-electron chi connectivity index (χ3n) is 3.74. The van der Waals surface area contributed by atoms with Crippen molar-refractivity contribution in [3.05, 3.63) is 35.9 Å². The number of carbonyl (C=O) groups is 2. The second-order valence-electron chi connectivity index (χ2n) is 5.37. The predicted octanol–water partition coefficient (Wildman–Crippen LogP) is 2.42. The van der Waals surface area contributed by atoms with Crippen molar-refractivity contribution >= 4 is 12.0 Å². The molecular formula is C16H24N2O3. The van der Waals surface area contributed by atoms with Crippen molar-refractivity contribution in [2.75, 3.05) is 0 Å². The van der Waals surface area contributed by atoms with Gasteiger partial charge in [0.15, 0.2) is 0 Å². The average Bonchev–Trinajstić information content (AvgIpc) is 2.46. The summed E-state index contributed by atoms with van der Waals surface area (Å²) in [5.41, 5.74) is 0.875. The van der Waals surface area contributed by atoms with Gasteiger partial charge in [0, 0.05) is 12.5 Å². The van der Waals surface area contributed by atoms with Crippen molar-refractivity contribution in [2.24, 2.45) is 5.92 Å². The molecule has 0 aliphatic heterocycles. The highest BCUT2D eigenvalue weighted by atomic mass is 16.4. The Bertz CT molecular complexity index is 462. The normalized spacial score (nSPS) is 14.8. The largest absolute Gasteiger partial charge is 0.480 e.